The van der Waals surface area contributed by atoms with Crippen LogP contribution in [-0.4, -0.2) is 24.1 Å². The molecule has 0 saturated carbocycles. The fraction of sp³-hybridized carbons (Fsp3) is 0.429. The minimum absolute atomic E-state index is 0.0901. The van der Waals surface area contributed by atoms with E-state index in [1.54, 1.807) is 33.8 Å². The molecule has 0 unspecified atom stereocenters. The average molecular weight is 358 g/mol. The van der Waals surface area contributed by atoms with Gasteiger partial charge in [-0.2, -0.15) is 0 Å². The summed E-state index contributed by atoms with van der Waals surface area (Å²) in [4.78, 5) is 24.2. The zero-order valence-electron chi connectivity index (χ0n) is 16.0. The molecule has 0 spiro atoms. The Morgan fingerprint density at radius 3 is 2.46 bits per heavy atom. The van der Waals surface area contributed by atoms with E-state index in [2.05, 4.69) is 0 Å². The van der Waals surface area contributed by atoms with Gasteiger partial charge in [0, 0.05) is 12.3 Å². The molecule has 0 aromatic heterocycles. The number of aryl methyl sites for hydroxylation is 1. The molecule has 1 aliphatic heterocycles. The van der Waals surface area contributed by atoms with Gasteiger partial charge in [0.15, 0.2) is 0 Å². The molecule has 0 amide bonds. The number of allylic oxidation sites excluding steroid dienone is 2. The van der Waals surface area contributed by atoms with E-state index in [0.29, 0.717) is 12.2 Å². The Morgan fingerprint density at radius 2 is 1.88 bits per heavy atom. The molecular weight excluding hydrogens is 332 g/mol. The Morgan fingerprint density at radius 1 is 1.23 bits per heavy atom. The Bertz CT molecular complexity index is 720. The summed E-state index contributed by atoms with van der Waals surface area (Å²) in [5, 5.41) is 0. The van der Waals surface area contributed by atoms with E-state index in [1.807, 2.05) is 31.2 Å². The van der Waals surface area contributed by atoms with Gasteiger partial charge in [-0.15, -0.1) is 0 Å². The first-order valence-corrected chi connectivity index (χ1v) is 8.75. The normalized spacial score (nSPS) is 18.7. The number of rotatable bonds is 4. The molecule has 1 aliphatic rings. The quantitative estimate of drug-likeness (QED) is 0.597. The van der Waals surface area contributed by atoms with Gasteiger partial charge in [-0.1, -0.05) is 29.8 Å². The number of hydrogen-bond donors (Lipinski definition) is 0. The van der Waals surface area contributed by atoms with Crippen LogP contribution in [-0.2, 0) is 23.8 Å². The Kier molecular flexibility index (Phi) is 6.24. The van der Waals surface area contributed by atoms with Crippen LogP contribution in [0.1, 0.15) is 51.2 Å². The van der Waals surface area contributed by atoms with E-state index in [9.17, 15) is 9.59 Å². The Labute approximate surface area is 154 Å². The molecule has 1 aromatic rings. The number of hydrogen-bond acceptors (Lipinski definition) is 5. The van der Waals surface area contributed by atoms with Crippen molar-refractivity contribution >= 4 is 11.9 Å². The van der Waals surface area contributed by atoms with Crippen LogP contribution in [0.4, 0.5) is 0 Å². The van der Waals surface area contributed by atoms with Crippen LogP contribution in [0.3, 0.4) is 0 Å². The third-order valence-electron chi connectivity index (χ3n) is 3.69. The van der Waals surface area contributed by atoms with Gasteiger partial charge < -0.3 is 14.2 Å². The van der Waals surface area contributed by atoms with E-state index in [0.717, 1.165) is 11.1 Å². The molecule has 0 radical (unpaired) electrons. The topological polar surface area (TPSA) is 61.8 Å². The summed E-state index contributed by atoms with van der Waals surface area (Å²) >= 11 is 0. The Hall–Kier alpha value is -2.56. The zero-order chi connectivity index (χ0) is 19.3. The van der Waals surface area contributed by atoms with Crippen LogP contribution in [0.15, 0.2) is 47.9 Å². The Balaban J connectivity index is 2.32. The fourth-order valence-electron chi connectivity index (χ4n) is 2.54. The first kappa shape index (κ1) is 19.8. The van der Waals surface area contributed by atoms with Crippen molar-refractivity contribution in [3.05, 3.63) is 59.1 Å². The molecule has 0 fully saturated rings. The van der Waals surface area contributed by atoms with Gasteiger partial charge >= 0.3 is 11.9 Å². The van der Waals surface area contributed by atoms with Crippen LogP contribution in [0.2, 0.25) is 0 Å². The molecule has 5 heteroatoms. The van der Waals surface area contributed by atoms with Crippen LogP contribution < -0.4 is 0 Å². The maximum atomic E-state index is 12.4. The van der Waals surface area contributed by atoms with Crippen molar-refractivity contribution in [2.24, 2.45) is 0 Å². The minimum atomic E-state index is -0.636. The summed E-state index contributed by atoms with van der Waals surface area (Å²) in [6.07, 6.45) is 3.51. The van der Waals surface area contributed by atoms with Gasteiger partial charge in [-0.05, 0) is 46.3 Å². The second-order valence-electron chi connectivity index (χ2n) is 7.22. The molecule has 2 rings (SSSR count). The lowest BCUT2D eigenvalue weighted by atomic mass is 9.91. The standard InChI is InChI=1S/C21H26O5/c1-6-24-19(22)13-17-11-16(15-9-7-14(2)8-10-15)12-18(25-17)20(23)26-21(3,4)5/h7-10,12-13,16H,6,11H2,1-5H3/b17-13+/t16-/m0/s1. The highest BCUT2D eigenvalue weighted by atomic mass is 16.6. The van der Waals surface area contributed by atoms with Crippen molar-refractivity contribution in [3.63, 3.8) is 0 Å². The van der Waals surface area contributed by atoms with Crippen molar-refractivity contribution in [1.82, 2.24) is 0 Å². The molecule has 1 atom stereocenters. The SMILES string of the molecule is CCOC(=O)/C=C1\C[C@H](c2ccc(C)cc2)C=C(C(=O)OC(C)(C)C)O1. The summed E-state index contributed by atoms with van der Waals surface area (Å²) < 4.78 is 16.0. The van der Waals surface area contributed by atoms with Crippen molar-refractivity contribution < 1.29 is 23.8 Å². The predicted molar refractivity (Wildman–Crippen MR) is 98.3 cm³/mol. The van der Waals surface area contributed by atoms with Crippen molar-refractivity contribution in [1.29, 1.82) is 0 Å². The van der Waals surface area contributed by atoms with Crippen LogP contribution in [0.5, 0.6) is 0 Å². The molecule has 5 nitrogen and oxygen atoms in total. The molecule has 0 aliphatic carbocycles. The lowest BCUT2D eigenvalue weighted by Gasteiger charge is -2.26. The van der Waals surface area contributed by atoms with Gasteiger partial charge in [0.05, 0.1) is 12.7 Å². The van der Waals surface area contributed by atoms with Gasteiger partial charge in [0.2, 0.25) is 5.76 Å². The average Bonchev–Trinajstić information content (AvgIpc) is 2.53. The summed E-state index contributed by atoms with van der Waals surface area (Å²) in [6.45, 7) is 9.41. The van der Waals surface area contributed by atoms with E-state index < -0.39 is 17.5 Å². The largest absolute Gasteiger partial charge is 0.463 e. The summed E-state index contributed by atoms with van der Waals surface area (Å²) in [6, 6.07) is 8.05. The summed E-state index contributed by atoms with van der Waals surface area (Å²) in [5.41, 5.74) is 1.55. The maximum absolute atomic E-state index is 12.4. The van der Waals surface area contributed by atoms with Crippen molar-refractivity contribution in [3.8, 4) is 0 Å². The molecule has 0 saturated heterocycles. The third kappa shape index (κ3) is 5.76. The van der Waals surface area contributed by atoms with E-state index >= 15 is 0 Å². The minimum Gasteiger partial charge on any atom is -0.463 e. The fourth-order valence-corrected chi connectivity index (χ4v) is 2.54. The first-order chi connectivity index (χ1) is 12.2. The van der Waals surface area contributed by atoms with Gasteiger partial charge in [0.25, 0.3) is 0 Å². The lowest BCUT2D eigenvalue weighted by molar-refractivity contribution is -0.154. The van der Waals surface area contributed by atoms with Crippen LogP contribution in [0.25, 0.3) is 0 Å². The van der Waals surface area contributed by atoms with E-state index in [4.69, 9.17) is 14.2 Å². The number of esters is 2. The highest BCUT2D eigenvalue weighted by Gasteiger charge is 2.28. The summed E-state index contributed by atoms with van der Waals surface area (Å²) in [7, 11) is 0. The molecule has 0 N–H and O–H groups in total. The van der Waals surface area contributed by atoms with Crippen LogP contribution >= 0.6 is 0 Å². The van der Waals surface area contributed by atoms with Crippen molar-refractivity contribution in [2.45, 2.75) is 52.6 Å². The van der Waals surface area contributed by atoms with Gasteiger partial charge in [-0.3, -0.25) is 0 Å². The molecular formula is C21H26O5. The second kappa shape index (κ2) is 8.21. The van der Waals surface area contributed by atoms with Gasteiger partial charge in [-0.25, -0.2) is 9.59 Å². The predicted octanol–water partition coefficient (Wildman–Crippen LogP) is 4.17. The lowest BCUT2D eigenvalue weighted by Crippen LogP contribution is -2.27. The number of ether oxygens (including phenoxy) is 3. The molecule has 140 valence electrons. The van der Waals surface area contributed by atoms with Crippen molar-refractivity contribution in [2.75, 3.05) is 6.61 Å². The van der Waals surface area contributed by atoms with E-state index in [1.165, 1.54) is 6.08 Å². The highest BCUT2D eigenvalue weighted by molar-refractivity contribution is 5.88. The highest BCUT2D eigenvalue weighted by Crippen LogP contribution is 2.34. The molecule has 26 heavy (non-hydrogen) atoms. The monoisotopic (exact) mass is 358 g/mol. The molecule has 1 aromatic carbocycles. The van der Waals surface area contributed by atoms with Gasteiger partial charge in [0.1, 0.15) is 11.4 Å². The maximum Gasteiger partial charge on any atom is 0.374 e. The smallest absolute Gasteiger partial charge is 0.374 e. The zero-order valence-corrected chi connectivity index (χ0v) is 16.0. The summed E-state index contributed by atoms with van der Waals surface area (Å²) in [5.74, 6) is -0.656. The first-order valence-electron chi connectivity index (χ1n) is 8.75. The van der Waals surface area contributed by atoms with E-state index in [-0.39, 0.29) is 18.3 Å². The molecule has 0 bridgehead atoms. The number of benzene rings is 1. The second-order valence-corrected chi connectivity index (χ2v) is 7.22. The third-order valence-corrected chi connectivity index (χ3v) is 3.69. The van der Waals surface area contributed by atoms with Crippen LogP contribution in [0, 0.1) is 6.92 Å². The number of carbonyl (C=O) groups excluding carboxylic acids is 2. The number of carbonyl (C=O) groups is 2. The molecule has 1 heterocycles.